The highest BCUT2D eigenvalue weighted by molar-refractivity contribution is 6.07. The van der Waals surface area contributed by atoms with Gasteiger partial charge >= 0.3 is 0 Å². The Bertz CT molecular complexity index is 954. The molecule has 2 aromatic rings. The zero-order valence-electron chi connectivity index (χ0n) is 13.2. The van der Waals surface area contributed by atoms with E-state index in [0.717, 1.165) is 40.1 Å². The monoisotopic (exact) mass is 301 g/mol. The minimum atomic E-state index is -0.200. The summed E-state index contributed by atoms with van der Waals surface area (Å²) in [5.41, 5.74) is 11.0. The number of allylic oxidation sites excluding steroid dienone is 3. The number of benzene rings is 2. The van der Waals surface area contributed by atoms with Crippen molar-refractivity contribution < 1.29 is 4.39 Å². The average molecular weight is 301 g/mol. The van der Waals surface area contributed by atoms with Gasteiger partial charge in [0.05, 0.1) is 5.69 Å². The van der Waals surface area contributed by atoms with Gasteiger partial charge in [0.1, 0.15) is 5.82 Å². The molecule has 112 valence electrons. The van der Waals surface area contributed by atoms with E-state index in [1.54, 1.807) is 6.07 Å². The minimum Gasteiger partial charge on any atom is -0.257 e. The molecule has 2 heteroatoms. The first-order valence-electron chi connectivity index (χ1n) is 7.73. The second-order valence-electron chi connectivity index (χ2n) is 6.12. The van der Waals surface area contributed by atoms with Gasteiger partial charge in [-0.05, 0) is 66.5 Å². The molecule has 4 rings (SSSR count). The quantitative estimate of drug-likeness (QED) is 0.657. The van der Waals surface area contributed by atoms with Gasteiger partial charge in [-0.3, -0.25) is 4.99 Å². The molecule has 0 aromatic heterocycles. The van der Waals surface area contributed by atoms with Crippen molar-refractivity contribution in [2.75, 3.05) is 0 Å². The third-order valence-corrected chi connectivity index (χ3v) is 4.29. The molecule has 0 saturated heterocycles. The highest BCUT2D eigenvalue weighted by Crippen LogP contribution is 2.37. The number of hydrogen-bond acceptors (Lipinski definition) is 1. The molecule has 0 saturated carbocycles. The molecule has 0 radical (unpaired) electrons. The molecule has 0 unspecified atom stereocenters. The smallest absolute Gasteiger partial charge is 0.131 e. The fraction of sp³-hybridized carbons (Fsp3) is 0.143. The van der Waals surface area contributed by atoms with Crippen LogP contribution >= 0.6 is 0 Å². The van der Waals surface area contributed by atoms with Crippen LogP contribution in [-0.2, 0) is 6.42 Å². The third-order valence-electron chi connectivity index (χ3n) is 4.29. The van der Waals surface area contributed by atoms with Crippen molar-refractivity contribution in [2.24, 2.45) is 4.99 Å². The zero-order chi connectivity index (χ0) is 16.0. The molecule has 2 aliphatic rings. The lowest BCUT2D eigenvalue weighted by Crippen LogP contribution is -1.94. The summed E-state index contributed by atoms with van der Waals surface area (Å²) in [7, 11) is 0. The minimum absolute atomic E-state index is 0.200. The summed E-state index contributed by atoms with van der Waals surface area (Å²) in [5, 5.41) is 0. The van der Waals surface area contributed by atoms with Gasteiger partial charge in [0, 0.05) is 23.3 Å². The Kier molecular flexibility index (Phi) is 3.14. The van der Waals surface area contributed by atoms with E-state index in [0.29, 0.717) is 5.56 Å². The van der Waals surface area contributed by atoms with E-state index in [4.69, 9.17) is 0 Å². The van der Waals surface area contributed by atoms with Gasteiger partial charge in [-0.15, -0.1) is 5.73 Å². The topological polar surface area (TPSA) is 12.4 Å². The highest BCUT2D eigenvalue weighted by Gasteiger charge is 2.18. The van der Waals surface area contributed by atoms with Gasteiger partial charge in [0.25, 0.3) is 0 Å². The number of aliphatic imine (C=N–C) groups is 1. The standard InChI is InChI=1S/C21H16FN/c1-13-6-8-19(20(22)10-13)18-5-3-4-17(18)15-7-9-21-16(12-15)11-14(2)23-21/h3-4,6-10,12H,11H2,1-2H3. The Balaban J connectivity index is 1.74. The molecular weight excluding hydrogens is 285 g/mol. The fourth-order valence-corrected chi connectivity index (χ4v) is 3.18. The third kappa shape index (κ3) is 2.38. The largest absolute Gasteiger partial charge is 0.257 e. The molecule has 1 nitrogen and oxygen atoms in total. The fourth-order valence-electron chi connectivity index (χ4n) is 3.18. The first-order valence-corrected chi connectivity index (χ1v) is 7.73. The van der Waals surface area contributed by atoms with E-state index in [2.05, 4.69) is 22.9 Å². The lowest BCUT2D eigenvalue weighted by molar-refractivity contribution is 0.623. The molecule has 1 aliphatic carbocycles. The predicted octanol–water partition coefficient (Wildman–Crippen LogP) is 5.42. The van der Waals surface area contributed by atoms with Crippen LogP contribution in [0.3, 0.4) is 0 Å². The number of hydrogen-bond donors (Lipinski definition) is 0. The Labute approximate surface area is 135 Å². The van der Waals surface area contributed by atoms with Crippen molar-refractivity contribution in [2.45, 2.75) is 20.3 Å². The van der Waals surface area contributed by atoms with E-state index >= 15 is 0 Å². The summed E-state index contributed by atoms with van der Waals surface area (Å²) in [4.78, 5) is 4.53. The average Bonchev–Trinajstić information content (AvgIpc) is 3.11. The van der Waals surface area contributed by atoms with Crippen molar-refractivity contribution in [1.82, 2.24) is 0 Å². The van der Waals surface area contributed by atoms with Crippen LogP contribution in [0.5, 0.6) is 0 Å². The van der Waals surface area contributed by atoms with Crippen molar-refractivity contribution >= 4 is 22.5 Å². The number of rotatable bonds is 2. The van der Waals surface area contributed by atoms with E-state index in [-0.39, 0.29) is 5.82 Å². The van der Waals surface area contributed by atoms with Crippen LogP contribution in [0.1, 0.15) is 29.2 Å². The zero-order valence-corrected chi connectivity index (χ0v) is 13.2. The molecule has 0 fully saturated rings. The number of fused-ring (bicyclic) bond motifs is 1. The Morgan fingerprint density at radius 3 is 2.78 bits per heavy atom. The molecule has 1 heterocycles. The van der Waals surface area contributed by atoms with E-state index < -0.39 is 0 Å². The van der Waals surface area contributed by atoms with Crippen LogP contribution in [0.4, 0.5) is 10.1 Å². The van der Waals surface area contributed by atoms with Crippen LogP contribution in [0.25, 0.3) is 11.1 Å². The molecular formula is C21H16FN. The summed E-state index contributed by atoms with van der Waals surface area (Å²) in [5.74, 6) is -0.200. The van der Waals surface area contributed by atoms with Gasteiger partial charge in [-0.25, -0.2) is 4.39 Å². The van der Waals surface area contributed by atoms with Gasteiger partial charge in [0.2, 0.25) is 0 Å². The predicted molar refractivity (Wildman–Crippen MR) is 93.5 cm³/mol. The number of halogens is 1. The van der Waals surface area contributed by atoms with Gasteiger partial charge < -0.3 is 0 Å². The number of nitrogens with zero attached hydrogens (tertiary/aromatic N) is 1. The molecule has 23 heavy (non-hydrogen) atoms. The molecule has 0 bridgehead atoms. The summed E-state index contributed by atoms with van der Waals surface area (Å²) < 4.78 is 14.3. The molecule has 0 N–H and O–H groups in total. The number of aryl methyl sites for hydroxylation is 1. The summed E-state index contributed by atoms with van der Waals surface area (Å²) >= 11 is 0. The molecule has 0 spiro atoms. The van der Waals surface area contributed by atoms with Crippen molar-refractivity contribution in [3.63, 3.8) is 0 Å². The van der Waals surface area contributed by atoms with Crippen LogP contribution in [0, 0.1) is 12.7 Å². The maximum Gasteiger partial charge on any atom is 0.131 e. The van der Waals surface area contributed by atoms with Crippen LogP contribution in [-0.4, -0.2) is 5.71 Å². The van der Waals surface area contributed by atoms with Crippen molar-refractivity contribution in [1.29, 1.82) is 0 Å². The second-order valence-corrected chi connectivity index (χ2v) is 6.12. The van der Waals surface area contributed by atoms with Crippen molar-refractivity contribution in [3.8, 4) is 0 Å². The first kappa shape index (κ1) is 13.9. The Hall–Kier alpha value is -2.70. The maximum atomic E-state index is 14.3. The van der Waals surface area contributed by atoms with Crippen molar-refractivity contribution in [3.05, 3.63) is 82.4 Å². The SMILES string of the molecule is CC1=Nc2ccc(C3=CC=C=C3c3ccc(C)cc3F)cc2C1. The second kappa shape index (κ2) is 5.19. The van der Waals surface area contributed by atoms with E-state index in [9.17, 15) is 4.39 Å². The van der Waals surface area contributed by atoms with Gasteiger partial charge in [-0.2, -0.15) is 0 Å². The lowest BCUT2D eigenvalue weighted by Gasteiger charge is -2.11. The Morgan fingerprint density at radius 2 is 1.96 bits per heavy atom. The normalized spacial score (nSPS) is 15.3. The first-order chi connectivity index (χ1) is 11.1. The molecule has 0 amide bonds. The lowest BCUT2D eigenvalue weighted by atomic mass is 9.92. The van der Waals surface area contributed by atoms with Gasteiger partial charge in [-0.1, -0.05) is 18.2 Å². The highest BCUT2D eigenvalue weighted by atomic mass is 19.1. The Morgan fingerprint density at radius 1 is 1.09 bits per heavy atom. The van der Waals surface area contributed by atoms with Crippen LogP contribution in [0.2, 0.25) is 0 Å². The van der Waals surface area contributed by atoms with E-state index in [1.165, 1.54) is 5.56 Å². The van der Waals surface area contributed by atoms with Crippen LogP contribution in [0.15, 0.2) is 59.3 Å². The molecule has 1 aliphatic heterocycles. The summed E-state index contributed by atoms with van der Waals surface area (Å²) in [6.45, 7) is 3.94. The van der Waals surface area contributed by atoms with Crippen LogP contribution < -0.4 is 0 Å². The van der Waals surface area contributed by atoms with E-state index in [1.807, 2.05) is 44.2 Å². The van der Waals surface area contributed by atoms with Gasteiger partial charge in [0.15, 0.2) is 0 Å². The summed E-state index contributed by atoms with van der Waals surface area (Å²) in [6.07, 6.45) is 4.75. The molecule has 0 atom stereocenters. The maximum absolute atomic E-state index is 14.3. The molecule has 2 aromatic carbocycles. The summed E-state index contributed by atoms with van der Waals surface area (Å²) in [6, 6.07) is 11.6.